The van der Waals surface area contributed by atoms with Crippen molar-refractivity contribution in [3.63, 3.8) is 0 Å². The molecule has 0 saturated heterocycles. The van der Waals surface area contributed by atoms with Crippen LogP contribution in [0.2, 0.25) is 0 Å². The molecule has 0 spiro atoms. The quantitative estimate of drug-likeness (QED) is 0.132. The molecule has 11 N–H and O–H groups in total. The van der Waals surface area contributed by atoms with E-state index in [1.165, 1.54) is 0 Å². The first-order chi connectivity index (χ1) is 19.9. The summed E-state index contributed by atoms with van der Waals surface area (Å²) in [5, 5.41) is 21.9. The molecule has 0 unspecified atom stereocenters. The van der Waals surface area contributed by atoms with E-state index >= 15 is 0 Å². The number of fused-ring (bicyclic) bond motifs is 6. The van der Waals surface area contributed by atoms with Gasteiger partial charge in [0.1, 0.15) is 0 Å². The Kier molecular flexibility index (Phi) is 18.7. The summed E-state index contributed by atoms with van der Waals surface area (Å²) in [6.45, 7) is 0. The Labute approximate surface area is 282 Å². The summed E-state index contributed by atoms with van der Waals surface area (Å²) >= 11 is 0. The summed E-state index contributed by atoms with van der Waals surface area (Å²) in [5.41, 5.74) is 3.91. The molecule has 0 aliphatic carbocycles. The number of phosphoric acid groups is 1. The molecule has 0 atom stereocenters. The molecule has 0 fully saturated rings. The first-order valence-electron chi connectivity index (χ1n) is 11.5. The molecule has 232 valence electrons. The van der Waals surface area contributed by atoms with Crippen molar-refractivity contribution < 1.29 is 97.3 Å². The summed E-state index contributed by atoms with van der Waals surface area (Å²) in [4.78, 5) is 80.0. The minimum Gasteiger partial charge on any atom is -0.665 e. The van der Waals surface area contributed by atoms with Crippen LogP contribution in [0, 0.1) is 0 Å². The number of nitrogens with zero attached hydrogens (tertiary/aromatic N) is 4. The van der Waals surface area contributed by atoms with Crippen molar-refractivity contribution in [3.8, 4) is 0 Å². The Balaban J connectivity index is 0.000000586. The molecule has 4 aliphatic rings. The van der Waals surface area contributed by atoms with Crippen LogP contribution in [0.3, 0.4) is 0 Å². The topological polar surface area (TPSA) is 296 Å². The molecule has 4 aliphatic heterocycles. The van der Waals surface area contributed by atoms with E-state index in [0.717, 1.165) is 43.6 Å². The largest absolute Gasteiger partial charge is 2.00 e. The van der Waals surface area contributed by atoms with E-state index < -0.39 is 24.2 Å². The van der Waals surface area contributed by atoms with E-state index in [0.29, 0.717) is 0 Å². The molecular weight excluding hydrogens is 760 g/mol. The van der Waals surface area contributed by atoms with Crippen molar-refractivity contribution in [2.45, 2.75) is 0 Å². The molecule has 0 amide bonds. The van der Waals surface area contributed by atoms with Gasteiger partial charge < -0.3 is 35.9 Å². The van der Waals surface area contributed by atoms with E-state index in [4.69, 9.17) is 58.4 Å². The van der Waals surface area contributed by atoms with E-state index in [9.17, 15) is 0 Å². The molecule has 6 rings (SSSR count). The van der Waals surface area contributed by atoms with Gasteiger partial charge in [0, 0.05) is 0 Å². The monoisotopic (exact) mass is 784 g/mol. The van der Waals surface area contributed by atoms with E-state index in [1.807, 2.05) is 24.3 Å². The fourth-order valence-electron chi connectivity index (χ4n) is 3.36. The van der Waals surface area contributed by atoms with Crippen LogP contribution in [-0.4, -0.2) is 53.8 Å². The van der Waals surface area contributed by atoms with Crippen LogP contribution in [0.4, 0.5) is 22.7 Å². The number of rotatable bonds is 0. The van der Waals surface area contributed by atoms with Crippen molar-refractivity contribution >= 4 is 71.2 Å². The molecule has 2 aromatic carbocycles. The Hall–Kier alpha value is -2.02. The van der Waals surface area contributed by atoms with Gasteiger partial charge in [-0.05, 0) is 20.9 Å². The number of allylic oxidation sites excluding steroid dienone is 4. The predicted molar refractivity (Wildman–Crippen MR) is 164 cm³/mol. The first kappa shape index (κ1) is 43.0. The van der Waals surface area contributed by atoms with Crippen LogP contribution < -0.4 is 20.9 Å². The van der Waals surface area contributed by atoms with E-state index in [-0.39, 0.29) is 39.0 Å². The third-order valence-corrected chi connectivity index (χ3v) is 4.69. The summed E-state index contributed by atoms with van der Waals surface area (Å²) in [6, 6.07) is 8.30. The average Bonchev–Trinajstić information content (AvgIpc) is 2.91. The van der Waals surface area contributed by atoms with Gasteiger partial charge in [0.15, 0.2) is 0 Å². The SMILES string of the molecule is C1=C[N-]c2c3c(ccc2=C1)=CC=C[N-]3.C1=C[N-]c2c3c(ccc2=C1)=CC=C[N-]3.O=P(O)(O)O.O[P+](O)(O)O.O[P+](O)(O)O.[Zn+2].[Zn+2]. The van der Waals surface area contributed by atoms with Crippen molar-refractivity contribution in [2.24, 2.45) is 0 Å². The minimum atomic E-state index is -4.64. The number of benzene rings is 2. The fraction of sp³-hybridized carbons (Fsp3) is 0. The molecular formula is C24H27N4O12P3Zn2+2. The van der Waals surface area contributed by atoms with Crippen LogP contribution in [0.5, 0.6) is 0 Å². The van der Waals surface area contributed by atoms with Crippen LogP contribution >= 0.6 is 24.2 Å². The van der Waals surface area contributed by atoms with Gasteiger partial charge in [0.2, 0.25) is 0 Å². The van der Waals surface area contributed by atoms with Crippen LogP contribution in [0.15, 0.2) is 73.4 Å². The first-order valence-corrected chi connectivity index (χ1v) is 16.2. The Morgan fingerprint density at radius 1 is 0.444 bits per heavy atom. The Morgan fingerprint density at radius 3 is 0.756 bits per heavy atom. The minimum absolute atomic E-state index is 0. The molecule has 0 saturated carbocycles. The smallest absolute Gasteiger partial charge is 0.665 e. The van der Waals surface area contributed by atoms with Gasteiger partial charge in [-0.3, -0.25) is 0 Å². The normalized spacial score (nSPS) is 13.6. The molecule has 0 radical (unpaired) electrons. The summed E-state index contributed by atoms with van der Waals surface area (Å²) in [7, 11) is -13.4. The van der Waals surface area contributed by atoms with Crippen molar-refractivity contribution in [2.75, 3.05) is 0 Å². The van der Waals surface area contributed by atoms with Gasteiger partial charge in [-0.2, -0.15) is 63.9 Å². The number of hydrogen-bond acceptors (Lipinski definition) is 9. The average molecular weight is 787 g/mol. The van der Waals surface area contributed by atoms with Crippen LogP contribution in [0.1, 0.15) is 0 Å². The zero-order valence-corrected chi connectivity index (χ0v) is 31.7. The van der Waals surface area contributed by atoms with E-state index in [1.54, 1.807) is 24.8 Å². The Morgan fingerprint density at radius 2 is 0.600 bits per heavy atom. The van der Waals surface area contributed by atoms with Gasteiger partial charge in [0.05, 0.1) is 0 Å². The van der Waals surface area contributed by atoms with E-state index in [2.05, 4.69) is 69.8 Å². The molecule has 2 aromatic rings. The van der Waals surface area contributed by atoms with Crippen molar-refractivity contribution in [1.29, 1.82) is 0 Å². The summed E-state index contributed by atoms with van der Waals surface area (Å²) < 4.78 is 8.88. The van der Waals surface area contributed by atoms with Crippen LogP contribution in [-0.2, 0) is 43.5 Å². The predicted octanol–water partition coefficient (Wildman–Crippen LogP) is 0.958. The van der Waals surface area contributed by atoms with Gasteiger partial charge in [-0.25, -0.2) is 4.57 Å². The number of hydrogen-bond donors (Lipinski definition) is 11. The van der Waals surface area contributed by atoms with Crippen molar-refractivity contribution in [1.82, 2.24) is 0 Å². The maximum atomic E-state index is 8.88. The summed E-state index contributed by atoms with van der Waals surface area (Å²) in [5.74, 6) is 0. The van der Waals surface area contributed by atoms with Gasteiger partial charge in [-0.15, -0.1) is 22.7 Å². The summed E-state index contributed by atoms with van der Waals surface area (Å²) in [6.07, 6.45) is 23.2. The van der Waals surface area contributed by atoms with Gasteiger partial charge in [0.25, 0.3) is 0 Å². The zero-order chi connectivity index (χ0) is 32.3. The van der Waals surface area contributed by atoms with Gasteiger partial charge >= 0.3 is 63.1 Å². The molecule has 21 heteroatoms. The second-order valence-corrected chi connectivity index (χ2v) is 11.2. The van der Waals surface area contributed by atoms with Crippen LogP contribution in [0.25, 0.3) is 45.6 Å². The third kappa shape index (κ3) is 18.6. The Bertz CT molecular complexity index is 1470. The molecule has 0 bridgehead atoms. The molecule has 16 nitrogen and oxygen atoms in total. The second-order valence-electron chi connectivity index (χ2n) is 8.02. The molecule has 0 aromatic heterocycles. The van der Waals surface area contributed by atoms with Gasteiger partial charge in [-0.1, -0.05) is 72.9 Å². The zero-order valence-electron chi connectivity index (χ0n) is 23.1. The third-order valence-electron chi connectivity index (χ3n) is 4.69. The second kappa shape index (κ2) is 19.6. The maximum absolute atomic E-state index is 8.88. The molecule has 4 heterocycles. The fourth-order valence-corrected chi connectivity index (χ4v) is 3.36. The maximum Gasteiger partial charge on any atom is 2.00 e. The standard InChI is InChI=1S/2C12H8N2.2H4O4P.H3O4P.2Zn/c2*1-3-9-5-6-10-4-2-8-14-12(10)11(9)13-7-1;3*1-5(2,3)4;;/h2*1-8H;2*1-4H;(H3,1,2,3,4);;/q2*-2;2*+1;;2*+2. The molecule has 45 heavy (non-hydrogen) atoms. The van der Waals surface area contributed by atoms with Crippen molar-refractivity contribution in [3.05, 3.63) is 116 Å².